The molecule has 8 heteroatoms. The molecular formula is C21H19FN2O3S2. The molecule has 3 aromatic rings. The minimum absolute atomic E-state index is 0.106. The second-order valence-corrected chi connectivity index (χ2v) is 9.84. The molecule has 29 heavy (non-hydrogen) atoms. The van der Waals surface area contributed by atoms with Crippen molar-refractivity contribution in [2.24, 2.45) is 0 Å². The fraction of sp³-hybridized carbons (Fsp3) is 0.190. The number of rotatable bonds is 5. The summed E-state index contributed by atoms with van der Waals surface area (Å²) in [5.41, 5.74) is 2.77. The van der Waals surface area contributed by atoms with E-state index in [0.717, 1.165) is 18.4 Å². The summed E-state index contributed by atoms with van der Waals surface area (Å²) in [5, 5.41) is 4.55. The number of anilines is 2. The van der Waals surface area contributed by atoms with Crippen LogP contribution in [-0.2, 0) is 27.7 Å². The van der Waals surface area contributed by atoms with E-state index in [2.05, 4.69) is 5.32 Å². The fourth-order valence-electron chi connectivity index (χ4n) is 3.38. The molecule has 2 aromatic carbocycles. The van der Waals surface area contributed by atoms with Gasteiger partial charge in [-0.25, -0.2) is 12.8 Å². The zero-order valence-electron chi connectivity index (χ0n) is 15.5. The van der Waals surface area contributed by atoms with Gasteiger partial charge in [-0.1, -0.05) is 24.3 Å². The molecular weight excluding hydrogens is 411 g/mol. The van der Waals surface area contributed by atoms with Crippen molar-refractivity contribution in [3.05, 3.63) is 76.9 Å². The van der Waals surface area contributed by atoms with Gasteiger partial charge in [0, 0.05) is 12.2 Å². The van der Waals surface area contributed by atoms with Crippen LogP contribution in [0, 0.1) is 5.82 Å². The van der Waals surface area contributed by atoms with Gasteiger partial charge in [-0.05, 0) is 59.7 Å². The van der Waals surface area contributed by atoms with Crippen molar-refractivity contribution in [2.75, 3.05) is 16.2 Å². The van der Waals surface area contributed by atoms with Gasteiger partial charge in [-0.3, -0.25) is 9.10 Å². The summed E-state index contributed by atoms with van der Waals surface area (Å²) in [6.45, 7) is 0.403. The molecule has 150 valence electrons. The summed E-state index contributed by atoms with van der Waals surface area (Å²) in [7, 11) is -3.63. The Morgan fingerprint density at radius 3 is 2.66 bits per heavy atom. The van der Waals surface area contributed by atoms with Crippen LogP contribution < -0.4 is 9.62 Å². The highest BCUT2D eigenvalue weighted by atomic mass is 32.2. The zero-order valence-corrected chi connectivity index (χ0v) is 17.1. The Morgan fingerprint density at radius 1 is 1.14 bits per heavy atom. The van der Waals surface area contributed by atoms with Crippen LogP contribution in [-0.4, -0.2) is 20.9 Å². The number of thiophene rings is 1. The van der Waals surface area contributed by atoms with Crippen LogP contribution in [0.25, 0.3) is 0 Å². The van der Waals surface area contributed by atoms with E-state index >= 15 is 0 Å². The Morgan fingerprint density at radius 2 is 1.93 bits per heavy atom. The molecule has 4 rings (SSSR count). The van der Waals surface area contributed by atoms with E-state index in [9.17, 15) is 17.6 Å². The van der Waals surface area contributed by atoms with Gasteiger partial charge < -0.3 is 5.32 Å². The van der Waals surface area contributed by atoms with Gasteiger partial charge >= 0.3 is 0 Å². The molecule has 0 aliphatic carbocycles. The topological polar surface area (TPSA) is 66.5 Å². The second-order valence-electron chi connectivity index (χ2n) is 6.81. The Hall–Kier alpha value is -2.71. The van der Waals surface area contributed by atoms with Gasteiger partial charge in [0.15, 0.2) is 0 Å². The lowest BCUT2D eigenvalue weighted by Gasteiger charge is -2.30. The maximum atomic E-state index is 13.0. The molecule has 0 radical (unpaired) electrons. The number of nitrogens with zero attached hydrogens (tertiary/aromatic N) is 1. The summed E-state index contributed by atoms with van der Waals surface area (Å²) in [5.74, 6) is -0.601. The number of carbonyl (C=O) groups excluding carboxylic acids is 1. The Balaban J connectivity index is 1.57. The van der Waals surface area contributed by atoms with E-state index in [4.69, 9.17) is 0 Å². The lowest BCUT2D eigenvalue weighted by Crippen LogP contribution is -2.35. The maximum absolute atomic E-state index is 13.0. The monoisotopic (exact) mass is 430 g/mol. The van der Waals surface area contributed by atoms with Gasteiger partial charge in [0.25, 0.3) is 10.0 Å². The third-order valence-corrected chi connectivity index (χ3v) is 7.95. The molecule has 0 bridgehead atoms. The highest BCUT2D eigenvalue weighted by Crippen LogP contribution is 2.35. The Labute approximate surface area is 172 Å². The normalized spacial score (nSPS) is 13.8. The first-order chi connectivity index (χ1) is 13.9. The van der Waals surface area contributed by atoms with Crippen LogP contribution in [0.5, 0.6) is 0 Å². The third kappa shape index (κ3) is 4.18. The number of carbonyl (C=O) groups is 1. The highest BCUT2D eigenvalue weighted by molar-refractivity contribution is 7.94. The molecule has 1 aromatic heterocycles. The van der Waals surface area contributed by atoms with E-state index in [1.54, 1.807) is 41.8 Å². The molecule has 2 heterocycles. The van der Waals surface area contributed by atoms with Crippen LogP contribution in [0.15, 0.2) is 64.2 Å². The molecule has 1 amide bonds. The summed E-state index contributed by atoms with van der Waals surface area (Å²) in [4.78, 5) is 12.4. The smallest absolute Gasteiger partial charge is 0.273 e. The fourth-order valence-corrected chi connectivity index (χ4v) is 6.02. The summed E-state index contributed by atoms with van der Waals surface area (Å²) >= 11 is 1.19. The van der Waals surface area contributed by atoms with Crippen LogP contribution in [0.4, 0.5) is 15.8 Å². The minimum atomic E-state index is -3.63. The van der Waals surface area contributed by atoms with Crippen molar-refractivity contribution in [2.45, 2.75) is 23.5 Å². The number of fused-ring (bicyclic) bond motifs is 1. The predicted molar refractivity (Wildman–Crippen MR) is 112 cm³/mol. The van der Waals surface area contributed by atoms with Crippen LogP contribution in [0.2, 0.25) is 0 Å². The Kier molecular flexibility index (Phi) is 5.38. The Bertz CT molecular complexity index is 1130. The van der Waals surface area contributed by atoms with Gasteiger partial charge in [0.2, 0.25) is 5.91 Å². The lowest BCUT2D eigenvalue weighted by atomic mass is 10.0. The lowest BCUT2D eigenvalue weighted by molar-refractivity contribution is -0.115. The van der Waals surface area contributed by atoms with Gasteiger partial charge in [0.05, 0.1) is 12.1 Å². The number of amides is 1. The summed E-state index contributed by atoms with van der Waals surface area (Å²) in [6.07, 6.45) is 1.64. The largest absolute Gasteiger partial charge is 0.326 e. The highest BCUT2D eigenvalue weighted by Gasteiger charge is 2.30. The van der Waals surface area contributed by atoms with Crippen molar-refractivity contribution in [3.8, 4) is 0 Å². The molecule has 0 unspecified atom stereocenters. The first-order valence-electron chi connectivity index (χ1n) is 9.17. The van der Waals surface area contributed by atoms with E-state index < -0.39 is 10.0 Å². The van der Waals surface area contributed by atoms with Crippen molar-refractivity contribution in [1.82, 2.24) is 0 Å². The molecule has 0 spiro atoms. The average Bonchev–Trinajstić information content (AvgIpc) is 3.25. The van der Waals surface area contributed by atoms with Gasteiger partial charge in [-0.15, -0.1) is 11.3 Å². The minimum Gasteiger partial charge on any atom is -0.326 e. The molecule has 0 saturated carbocycles. The first-order valence-corrected chi connectivity index (χ1v) is 11.5. The quantitative estimate of drug-likeness (QED) is 0.659. The average molecular weight is 431 g/mol. The predicted octanol–water partition coefficient (Wildman–Crippen LogP) is 4.21. The number of aryl methyl sites for hydroxylation is 1. The standard InChI is InChI=1S/C21H19FN2O3S2/c22-17-8-5-15(6-9-17)13-20(25)23-18-10-7-16-3-1-11-24(19(16)14-18)29(26,27)21-4-2-12-28-21/h2,4-10,12,14H,1,3,11,13H2,(H,23,25). The van der Waals surface area contributed by atoms with Crippen LogP contribution in [0.1, 0.15) is 17.5 Å². The second kappa shape index (κ2) is 7.96. The molecule has 0 atom stereocenters. The number of sulfonamides is 1. The zero-order chi connectivity index (χ0) is 20.4. The van der Waals surface area contributed by atoms with Crippen LogP contribution >= 0.6 is 11.3 Å². The number of benzene rings is 2. The third-order valence-electron chi connectivity index (χ3n) is 4.76. The number of hydrogen-bond donors (Lipinski definition) is 1. The molecule has 1 aliphatic heterocycles. The number of nitrogens with one attached hydrogen (secondary N) is 1. The van der Waals surface area contributed by atoms with Crippen molar-refractivity contribution in [1.29, 1.82) is 0 Å². The van der Waals surface area contributed by atoms with E-state index in [1.165, 1.54) is 27.8 Å². The molecule has 1 aliphatic rings. The van der Waals surface area contributed by atoms with Crippen molar-refractivity contribution in [3.63, 3.8) is 0 Å². The molecule has 0 saturated heterocycles. The van der Waals surface area contributed by atoms with E-state index in [0.29, 0.717) is 27.7 Å². The van der Waals surface area contributed by atoms with Gasteiger partial charge in [-0.2, -0.15) is 0 Å². The first kappa shape index (κ1) is 19.6. The molecule has 0 fully saturated rings. The number of hydrogen-bond acceptors (Lipinski definition) is 4. The maximum Gasteiger partial charge on any atom is 0.273 e. The van der Waals surface area contributed by atoms with Crippen LogP contribution in [0.3, 0.4) is 0 Å². The molecule has 5 nitrogen and oxygen atoms in total. The van der Waals surface area contributed by atoms with E-state index in [-0.39, 0.29) is 18.1 Å². The summed E-state index contributed by atoms with van der Waals surface area (Å²) < 4.78 is 40.8. The summed E-state index contributed by atoms with van der Waals surface area (Å²) in [6, 6.07) is 14.4. The molecule has 1 N–H and O–H groups in total. The van der Waals surface area contributed by atoms with Crippen molar-refractivity contribution < 1.29 is 17.6 Å². The van der Waals surface area contributed by atoms with Crippen molar-refractivity contribution >= 4 is 38.6 Å². The SMILES string of the molecule is O=C(Cc1ccc(F)cc1)Nc1ccc2c(c1)N(S(=O)(=O)c1cccs1)CCC2. The van der Waals surface area contributed by atoms with E-state index in [1.807, 2.05) is 6.07 Å². The number of halogens is 1. The van der Waals surface area contributed by atoms with Gasteiger partial charge in [0.1, 0.15) is 10.0 Å².